The van der Waals surface area contributed by atoms with Crippen molar-refractivity contribution in [1.29, 1.82) is 0 Å². The fraction of sp³-hybridized carbons (Fsp3) is 0.267. The Morgan fingerprint density at radius 2 is 2.27 bits per heavy atom. The molecule has 0 spiro atoms. The van der Waals surface area contributed by atoms with Crippen LogP contribution >= 0.6 is 23.1 Å². The van der Waals surface area contributed by atoms with Crippen molar-refractivity contribution >= 4 is 45.2 Å². The van der Waals surface area contributed by atoms with Crippen molar-refractivity contribution < 1.29 is 14.3 Å². The second kappa shape index (κ2) is 6.50. The van der Waals surface area contributed by atoms with Crippen LogP contribution in [0.4, 0.5) is 0 Å². The number of ether oxygens (including phenoxy) is 1. The highest BCUT2D eigenvalue weighted by Gasteiger charge is 2.28. The fourth-order valence-electron chi connectivity index (χ4n) is 2.11. The van der Waals surface area contributed by atoms with Gasteiger partial charge in [-0.05, 0) is 19.1 Å². The van der Waals surface area contributed by atoms with Crippen LogP contribution in [-0.4, -0.2) is 34.1 Å². The number of esters is 1. The fourth-order valence-corrected chi connectivity index (χ4v) is 3.99. The molecule has 22 heavy (non-hydrogen) atoms. The van der Waals surface area contributed by atoms with E-state index in [2.05, 4.69) is 4.98 Å². The molecule has 0 bridgehead atoms. The molecule has 2 aromatic rings. The van der Waals surface area contributed by atoms with Crippen LogP contribution in [0.15, 0.2) is 35.4 Å². The van der Waals surface area contributed by atoms with Gasteiger partial charge in [0.15, 0.2) is 0 Å². The third-order valence-corrected chi connectivity index (χ3v) is 5.12. The van der Waals surface area contributed by atoms with E-state index in [0.29, 0.717) is 23.9 Å². The number of para-hydroxylation sites is 1. The molecule has 0 atom stereocenters. The Balaban J connectivity index is 1.82. The number of benzene rings is 1. The lowest BCUT2D eigenvalue weighted by molar-refractivity contribution is -0.137. The van der Waals surface area contributed by atoms with Gasteiger partial charge in [0.2, 0.25) is 5.91 Å². The Hall–Kier alpha value is -1.86. The minimum absolute atomic E-state index is 0.0141. The Morgan fingerprint density at radius 3 is 3.05 bits per heavy atom. The van der Waals surface area contributed by atoms with Gasteiger partial charge >= 0.3 is 5.97 Å². The van der Waals surface area contributed by atoms with E-state index in [4.69, 9.17) is 4.74 Å². The molecule has 0 aliphatic carbocycles. The van der Waals surface area contributed by atoms with Gasteiger partial charge in [0, 0.05) is 0 Å². The lowest BCUT2D eigenvalue weighted by atomic mass is 10.3. The van der Waals surface area contributed by atoms with E-state index in [0.717, 1.165) is 15.2 Å². The second-order valence-corrected chi connectivity index (χ2v) is 6.69. The first-order valence-electron chi connectivity index (χ1n) is 6.83. The van der Waals surface area contributed by atoms with Crippen LogP contribution in [0.1, 0.15) is 11.9 Å². The molecule has 0 N–H and O–H groups in total. The highest BCUT2D eigenvalue weighted by molar-refractivity contribution is 8.04. The number of amides is 1. The minimum Gasteiger partial charge on any atom is -0.463 e. The largest absolute Gasteiger partial charge is 0.463 e. The summed E-state index contributed by atoms with van der Waals surface area (Å²) in [4.78, 5) is 29.7. The molecule has 2 heterocycles. The first-order valence-corrected chi connectivity index (χ1v) is 8.63. The first-order chi connectivity index (χ1) is 10.7. The summed E-state index contributed by atoms with van der Waals surface area (Å²) in [5.74, 6) is -0.0929. The number of thioether (sulfide) groups is 1. The summed E-state index contributed by atoms with van der Waals surface area (Å²) in [6.45, 7) is 2.46. The quantitative estimate of drug-likeness (QED) is 0.635. The van der Waals surface area contributed by atoms with E-state index >= 15 is 0 Å². The zero-order valence-electron chi connectivity index (χ0n) is 11.9. The number of aromatic nitrogens is 1. The maximum atomic E-state index is 12.0. The van der Waals surface area contributed by atoms with E-state index < -0.39 is 5.97 Å². The SMILES string of the molecule is CCOC(=O)/C=C1\SCC(=O)N1Cc1nc2ccccc2s1. The number of hydrogen-bond donors (Lipinski definition) is 0. The lowest BCUT2D eigenvalue weighted by Crippen LogP contribution is -2.24. The molecule has 1 fully saturated rings. The van der Waals surface area contributed by atoms with Gasteiger partial charge in [-0.3, -0.25) is 9.69 Å². The minimum atomic E-state index is -0.422. The molecule has 1 aromatic carbocycles. The number of thiazole rings is 1. The zero-order valence-corrected chi connectivity index (χ0v) is 13.6. The van der Waals surface area contributed by atoms with Crippen molar-refractivity contribution in [2.75, 3.05) is 12.4 Å². The van der Waals surface area contributed by atoms with Gasteiger partial charge in [0.25, 0.3) is 0 Å². The first kappa shape index (κ1) is 15.1. The summed E-state index contributed by atoms with van der Waals surface area (Å²) in [7, 11) is 0. The maximum absolute atomic E-state index is 12.0. The van der Waals surface area contributed by atoms with Gasteiger partial charge in [-0.1, -0.05) is 23.9 Å². The number of hydrogen-bond acceptors (Lipinski definition) is 6. The van der Waals surface area contributed by atoms with Crippen LogP contribution in [0.25, 0.3) is 10.2 Å². The van der Waals surface area contributed by atoms with Crippen LogP contribution in [-0.2, 0) is 20.9 Å². The van der Waals surface area contributed by atoms with E-state index in [-0.39, 0.29) is 5.91 Å². The summed E-state index contributed by atoms with van der Waals surface area (Å²) in [5.41, 5.74) is 0.928. The molecule has 0 radical (unpaired) electrons. The van der Waals surface area contributed by atoms with Crippen molar-refractivity contribution in [1.82, 2.24) is 9.88 Å². The molecule has 114 valence electrons. The van der Waals surface area contributed by atoms with Gasteiger partial charge in [-0.15, -0.1) is 11.3 Å². The van der Waals surface area contributed by atoms with Crippen molar-refractivity contribution in [2.24, 2.45) is 0 Å². The highest BCUT2D eigenvalue weighted by atomic mass is 32.2. The monoisotopic (exact) mass is 334 g/mol. The van der Waals surface area contributed by atoms with Crippen LogP contribution in [0, 0.1) is 0 Å². The van der Waals surface area contributed by atoms with E-state index in [9.17, 15) is 9.59 Å². The number of carbonyl (C=O) groups excluding carboxylic acids is 2. The van der Waals surface area contributed by atoms with Crippen molar-refractivity contribution in [3.63, 3.8) is 0 Å². The third-order valence-electron chi connectivity index (χ3n) is 3.07. The van der Waals surface area contributed by atoms with Gasteiger partial charge in [0.05, 0.1) is 40.2 Å². The summed E-state index contributed by atoms with van der Waals surface area (Å²) < 4.78 is 6.00. The van der Waals surface area contributed by atoms with Crippen LogP contribution < -0.4 is 0 Å². The standard InChI is InChI=1S/C15H14N2O3S2/c1-2-20-15(19)7-14-17(13(18)9-21-14)8-12-16-10-5-3-4-6-11(10)22-12/h3-7H,2,8-9H2,1H3/b14-7-. The average Bonchev–Trinajstić information content (AvgIpc) is 3.05. The molecule has 1 aromatic heterocycles. The van der Waals surface area contributed by atoms with Crippen LogP contribution in [0.2, 0.25) is 0 Å². The molecular formula is C15H14N2O3S2. The smallest absolute Gasteiger partial charge is 0.333 e. The van der Waals surface area contributed by atoms with Crippen molar-refractivity contribution in [2.45, 2.75) is 13.5 Å². The molecule has 1 aliphatic rings. The van der Waals surface area contributed by atoms with Crippen LogP contribution in [0.5, 0.6) is 0 Å². The maximum Gasteiger partial charge on any atom is 0.333 e. The van der Waals surface area contributed by atoms with E-state index in [1.165, 1.54) is 17.8 Å². The summed E-state index contributed by atoms with van der Waals surface area (Å²) in [6, 6.07) is 7.86. The second-order valence-electron chi connectivity index (χ2n) is 4.58. The number of fused-ring (bicyclic) bond motifs is 1. The molecule has 5 nitrogen and oxygen atoms in total. The molecule has 7 heteroatoms. The molecule has 1 amide bonds. The molecule has 0 saturated carbocycles. The number of nitrogens with zero attached hydrogens (tertiary/aromatic N) is 2. The van der Waals surface area contributed by atoms with Crippen molar-refractivity contribution in [3.05, 3.63) is 40.4 Å². The average molecular weight is 334 g/mol. The van der Waals surface area contributed by atoms with E-state index in [1.54, 1.807) is 23.2 Å². The molecule has 1 aliphatic heterocycles. The summed E-state index contributed by atoms with van der Waals surface area (Å²) >= 11 is 2.91. The Labute approximate surface area is 136 Å². The normalized spacial score (nSPS) is 16.7. The Kier molecular flexibility index (Phi) is 4.44. The molecule has 3 rings (SSSR count). The summed E-state index contributed by atoms with van der Waals surface area (Å²) in [5, 5.41) is 1.48. The lowest BCUT2D eigenvalue weighted by Gasteiger charge is -2.14. The third kappa shape index (κ3) is 3.15. The predicted molar refractivity (Wildman–Crippen MR) is 87.3 cm³/mol. The molecule has 1 saturated heterocycles. The van der Waals surface area contributed by atoms with Gasteiger partial charge in [0.1, 0.15) is 5.01 Å². The summed E-state index contributed by atoms with van der Waals surface area (Å²) in [6.07, 6.45) is 1.38. The van der Waals surface area contributed by atoms with Crippen LogP contribution in [0.3, 0.4) is 0 Å². The van der Waals surface area contributed by atoms with Gasteiger partial charge in [-0.2, -0.15) is 0 Å². The number of carbonyl (C=O) groups is 2. The zero-order chi connectivity index (χ0) is 15.5. The van der Waals surface area contributed by atoms with E-state index in [1.807, 2.05) is 24.3 Å². The van der Waals surface area contributed by atoms with Gasteiger partial charge < -0.3 is 4.74 Å². The van der Waals surface area contributed by atoms with Crippen molar-refractivity contribution in [3.8, 4) is 0 Å². The molecule has 0 unspecified atom stereocenters. The molecular weight excluding hydrogens is 320 g/mol. The Bertz CT molecular complexity index is 721. The Morgan fingerprint density at radius 1 is 1.45 bits per heavy atom. The predicted octanol–water partition coefficient (Wildman–Crippen LogP) is 2.78. The number of rotatable bonds is 4. The topological polar surface area (TPSA) is 59.5 Å². The highest BCUT2D eigenvalue weighted by Crippen LogP contribution is 2.32. The van der Waals surface area contributed by atoms with Gasteiger partial charge in [-0.25, -0.2) is 9.78 Å².